The highest BCUT2D eigenvalue weighted by molar-refractivity contribution is 5.91. The fourth-order valence-electron chi connectivity index (χ4n) is 2.65. The van der Waals surface area contributed by atoms with Crippen LogP contribution in [0.5, 0.6) is 0 Å². The normalized spacial score (nSPS) is 13.5. The lowest BCUT2D eigenvalue weighted by Crippen LogP contribution is -2.07. The third kappa shape index (κ3) is 2.28. The van der Waals surface area contributed by atoms with E-state index in [0.717, 1.165) is 11.6 Å². The highest BCUT2D eigenvalue weighted by atomic mass is 19.2. The van der Waals surface area contributed by atoms with Crippen molar-refractivity contribution in [1.82, 2.24) is 0 Å². The summed E-state index contributed by atoms with van der Waals surface area (Å²) in [6.07, 6.45) is 3.01. The van der Waals surface area contributed by atoms with E-state index in [1.807, 2.05) is 0 Å². The first-order valence-electron chi connectivity index (χ1n) is 6.69. The Morgan fingerprint density at radius 1 is 1.00 bits per heavy atom. The third-order valence-corrected chi connectivity index (χ3v) is 3.73. The van der Waals surface area contributed by atoms with E-state index in [1.54, 1.807) is 12.1 Å². The van der Waals surface area contributed by atoms with E-state index in [1.165, 1.54) is 18.2 Å². The molecule has 2 aromatic carbocycles. The molecule has 0 saturated heterocycles. The molecule has 5 heteroatoms. The minimum Gasteiger partial charge on any atom is -0.478 e. The molecule has 1 aliphatic rings. The van der Waals surface area contributed by atoms with E-state index >= 15 is 0 Å². The van der Waals surface area contributed by atoms with Crippen molar-refractivity contribution in [2.24, 2.45) is 0 Å². The van der Waals surface area contributed by atoms with Gasteiger partial charge in [0.05, 0.1) is 5.56 Å². The van der Waals surface area contributed by atoms with Gasteiger partial charge >= 0.3 is 5.97 Å². The number of halogens is 3. The number of benzene rings is 2. The predicted octanol–water partition coefficient (Wildman–Crippen LogP) is 4.18. The van der Waals surface area contributed by atoms with Gasteiger partial charge in [0.15, 0.2) is 17.5 Å². The molecule has 0 unspecified atom stereocenters. The van der Waals surface area contributed by atoms with Crippen LogP contribution < -0.4 is 0 Å². The Morgan fingerprint density at radius 2 is 1.77 bits per heavy atom. The molecule has 0 atom stereocenters. The number of carboxylic acid groups (broad SMARTS) is 1. The number of allylic oxidation sites excluding steroid dienone is 1. The molecule has 0 fully saturated rings. The zero-order valence-corrected chi connectivity index (χ0v) is 11.4. The Labute approximate surface area is 124 Å². The molecule has 0 amide bonds. The van der Waals surface area contributed by atoms with E-state index in [2.05, 4.69) is 0 Å². The molecule has 1 aliphatic carbocycles. The second kappa shape index (κ2) is 5.33. The summed E-state index contributed by atoms with van der Waals surface area (Å²) in [6, 6.07) is 6.62. The van der Waals surface area contributed by atoms with E-state index in [4.69, 9.17) is 5.11 Å². The van der Waals surface area contributed by atoms with Crippen LogP contribution in [0.25, 0.3) is 5.57 Å². The molecule has 0 saturated carbocycles. The lowest BCUT2D eigenvalue weighted by Gasteiger charge is -2.19. The Bertz CT molecular complexity index is 810. The number of hydrogen-bond acceptors (Lipinski definition) is 1. The van der Waals surface area contributed by atoms with Crippen LogP contribution in [0.4, 0.5) is 13.2 Å². The summed E-state index contributed by atoms with van der Waals surface area (Å²) in [5, 5.41) is 9.08. The maximum absolute atomic E-state index is 14.0. The summed E-state index contributed by atoms with van der Waals surface area (Å²) >= 11 is 0. The van der Waals surface area contributed by atoms with Gasteiger partial charge in [-0.1, -0.05) is 12.1 Å². The fourth-order valence-corrected chi connectivity index (χ4v) is 2.65. The van der Waals surface area contributed by atoms with Crippen molar-refractivity contribution in [3.63, 3.8) is 0 Å². The molecule has 22 heavy (non-hydrogen) atoms. The standard InChI is InChI=1S/C17H11F3O2/c18-14-7-6-12(15(19)16(14)20)11-3-1-2-9-4-5-10(17(21)22)8-13(9)11/h3-8H,1-2H2,(H,21,22). The van der Waals surface area contributed by atoms with Gasteiger partial charge in [0.1, 0.15) is 0 Å². The number of aryl methyl sites for hydroxylation is 1. The second-order valence-corrected chi connectivity index (χ2v) is 5.06. The van der Waals surface area contributed by atoms with E-state index in [-0.39, 0.29) is 11.1 Å². The lowest BCUT2D eigenvalue weighted by atomic mass is 9.85. The zero-order valence-electron chi connectivity index (χ0n) is 11.4. The topological polar surface area (TPSA) is 37.3 Å². The summed E-state index contributed by atoms with van der Waals surface area (Å²) in [6.45, 7) is 0. The largest absolute Gasteiger partial charge is 0.478 e. The van der Waals surface area contributed by atoms with Gasteiger partial charge in [-0.15, -0.1) is 0 Å². The summed E-state index contributed by atoms with van der Waals surface area (Å²) in [4.78, 5) is 11.1. The van der Waals surface area contributed by atoms with Gasteiger partial charge in [-0.2, -0.15) is 0 Å². The third-order valence-electron chi connectivity index (χ3n) is 3.73. The first-order chi connectivity index (χ1) is 10.5. The van der Waals surface area contributed by atoms with Gasteiger partial charge in [0.2, 0.25) is 0 Å². The van der Waals surface area contributed by atoms with Crippen LogP contribution in [0.15, 0.2) is 36.4 Å². The van der Waals surface area contributed by atoms with Crippen LogP contribution >= 0.6 is 0 Å². The molecule has 0 bridgehead atoms. The number of aromatic carboxylic acids is 1. The Balaban J connectivity index is 2.19. The summed E-state index contributed by atoms with van der Waals surface area (Å²) in [5.41, 5.74) is 1.78. The van der Waals surface area contributed by atoms with Gasteiger partial charge in [0, 0.05) is 5.56 Å². The first kappa shape index (κ1) is 14.4. The molecule has 0 heterocycles. The highest BCUT2D eigenvalue weighted by Crippen LogP contribution is 2.34. The Morgan fingerprint density at radius 3 is 2.50 bits per heavy atom. The maximum Gasteiger partial charge on any atom is 0.335 e. The molecule has 0 aromatic heterocycles. The number of hydrogen-bond donors (Lipinski definition) is 1. The van der Waals surface area contributed by atoms with E-state index in [9.17, 15) is 18.0 Å². The van der Waals surface area contributed by atoms with Crippen LogP contribution in [0.3, 0.4) is 0 Å². The van der Waals surface area contributed by atoms with Crippen molar-refractivity contribution in [2.45, 2.75) is 12.8 Å². The van der Waals surface area contributed by atoms with Crippen molar-refractivity contribution in [1.29, 1.82) is 0 Å². The summed E-state index contributed by atoms with van der Waals surface area (Å²) in [7, 11) is 0. The van der Waals surface area contributed by atoms with E-state index < -0.39 is 23.4 Å². The summed E-state index contributed by atoms with van der Waals surface area (Å²) in [5.74, 6) is -5.14. The number of carboxylic acids is 1. The molecule has 2 aromatic rings. The molecule has 0 radical (unpaired) electrons. The lowest BCUT2D eigenvalue weighted by molar-refractivity contribution is 0.0697. The van der Waals surface area contributed by atoms with Gasteiger partial charge < -0.3 is 5.11 Å². The maximum atomic E-state index is 14.0. The van der Waals surface area contributed by atoms with Crippen molar-refractivity contribution in [3.8, 4) is 0 Å². The summed E-state index contributed by atoms with van der Waals surface area (Å²) < 4.78 is 40.6. The molecular formula is C17H11F3O2. The van der Waals surface area contributed by atoms with Gasteiger partial charge in [-0.25, -0.2) is 18.0 Å². The van der Waals surface area contributed by atoms with Crippen molar-refractivity contribution < 1.29 is 23.1 Å². The van der Waals surface area contributed by atoms with Gasteiger partial charge in [-0.05, 0) is 53.8 Å². The average Bonchev–Trinajstić information content (AvgIpc) is 2.52. The molecule has 0 spiro atoms. The SMILES string of the molecule is O=C(O)c1ccc2c(c1)C(c1ccc(F)c(F)c1F)=CCC2. The van der Waals surface area contributed by atoms with Gasteiger partial charge in [0.25, 0.3) is 0 Å². The van der Waals surface area contributed by atoms with Crippen LogP contribution in [0.1, 0.15) is 33.5 Å². The zero-order chi connectivity index (χ0) is 15.9. The minimum absolute atomic E-state index is 0.0644. The quantitative estimate of drug-likeness (QED) is 0.845. The predicted molar refractivity (Wildman–Crippen MR) is 75.1 cm³/mol. The minimum atomic E-state index is -1.53. The van der Waals surface area contributed by atoms with Crippen LogP contribution in [-0.4, -0.2) is 11.1 Å². The van der Waals surface area contributed by atoms with Crippen molar-refractivity contribution in [2.75, 3.05) is 0 Å². The number of rotatable bonds is 2. The first-order valence-corrected chi connectivity index (χ1v) is 6.69. The monoisotopic (exact) mass is 304 g/mol. The molecule has 3 rings (SSSR count). The number of carbonyl (C=O) groups is 1. The Kier molecular flexibility index (Phi) is 3.48. The van der Waals surface area contributed by atoms with Crippen molar-refractivity contribution >= 4 is 11.5 Å². The molecule has 2 nitrogen and oxygen atoms in total. The molecule has 1 N–H and O–H groups in total. The van der Waals surface area contributed by atoms with Gasteiger partial charge in [-0.3, -0.25) is 0 Å². The molecule has 0 aliphatic heterocycles. The second-order valence-electron chi connectivity index (χ2n) is 5.06. The fraction of sp³-hybridized carbons (Fsp3) is 0.118. The molecular weight excluding hydrogens is 293 g/mol. The smallest absolute Gasteiger partial charge is 0.335 e. The number of fused-ring (bicyclic) bond motifs is 1. The average molecular weight is 304 g/mol. The van der Waals surface area contributed by atoms with Crippen LogP contribution in [-0.2, 0) is 6.42 Å². The van der Waals surface area contributed by atoms with Crippen molar-refractivity contribution in [3.05, 3.63) is 76.1 Å². The van der Waals surface area contributed by atoms with Crippen LogP contribution in [0.2, 0.25) is 0 Å². The molecule has 112 valence electrons. The van der Waals surface area contributed by atoms with E-state index in [0.29, 0.717) is 24.0 Å². The highest BCUT2D eigenvalue weighted by Gasteiger charge is 2.21. The Hall–Kier alpha value is -2.56. The van der Waals surface area contributed by atoms with Crippen LogP contribution in [0, 0.1) is 17.5 Å².